The molecule has 0 N–H and O–H groups in total. The Balaban J connectivity index is 1.67. The molecule has 2 aromatic rings. The molecule has 1 aliphatic heterocycles. The molecule has 2 heterocycles. The molecule has 19 heavy (non-hydrogen) atoms. The van der Waals surface area contributed by atoms with E-state index in [-0.39, 0.29) is 6.61 Å². The fourth-order valence-corrected chi connectivity index (χ4v) is 2.04. The summed E-state index contributed by atoms with van der Waals surface area (Å²) in [6, 6.07) is 10.5. The number of nitrogens with zero attached hydrogens (tertiary/aromatic N) is 2. The van der Waals surface area contributed by atoms with E-state index in [9.17, 15) is 9.59 Å². The Labute approximate surface area is 110 Å². The fourth-order valence-electron chi connectivity index (χ4n) is 2.04. The zero-order valence-corrected chi connectivity index (χ0v) is 10.2. The van der Waals surface area contributed by atoms with E-state index in [1.54, 1.807) is 24.3 Å². The highest BCUT2D eigenvalue weighted by Gasteiger charge is 2.36. The summed E-state index contributed by atoms with van der Waals surface area (Å²) in [4.78, 5) is 29.2. The molecule has 1 aliphatic rings. The quantitative estimate of drug-likeness (QED) is 0.782. The van der Waals surface area contributed by atoms with E-state index in [1.807, 2.05) is 29.1 Å². The maximum Gasteiger partial charge on any atom is 0.285 e. The van der Waals surface area contributed by atoms with Gasteiger partial charge in [0.2, 0.25) is 0 Å². The van der Waals surface area contributed by atoms with E-state index < -0.39 is 11.8 Å². The Hall–Kier alpha value is -2.40. The van der Waals surface area contributed by atoms with E-state index >= 15 is 0 Å². The zero-order chi connectivity index (χ0) is 13.2. The van der Waals surface area contributed by atoms with Crippen molar-refractivity contribution in [2.24, 2.45) is 0 Å². The van der Waals surface area contributed by atoms with Crippen LogP contribution in [-0.2, 0) is 11.4 Å². The number of fused-ring (bicyclic) bond motifs is 1. The second-order valence-electron chi connectivity index (χ2n) is 4.20. The van der Waals surface area contributed by atoms with Crippen LogP contribution >= 0.6 is 0 Å². The Morgan fingerprint density at radius 1 is 0.895 bits per heavy atom. The second kappa shape index (κ2) is 4.70. The smallest absolute Gasteiger partial charge is 0.285 e. The van der Waals surface area contributed by atoms with Crippen LogP contribution in [0.1, 0.15) is 20.7 Å². The molecule has 0 saturated carbocycles. The maximum atomic E-state index is 12.0. The second-order valence-corrected chi connectivity index (χ2v) is 4.20. The highest BCUT2D eigenvalue weighted by Crippen LogP contribution is 2.22. The minimum atomic E-state index is -0.395. The molecule has 0 unspecified atom stereocenters. The first kappa shape index (κ1) is 11.7. The summed E-state index contributed by atoms with van der Waals surface area (Å²) in [5.74, 6) is -0.791. The van der Waals surface area contributed by atoms with Gasteiger partial charge in [-0.1, -0.05) is 12.1 Å². The summed E-state index contributed by atoms with van der Waals surface area (Å²) < 4.78 is 1.91. The van der Waals surface area contributed by atoms with Crippen LogP contribution in [0.15, 0.2) is 48.8 Å². The van der Waals surface area contributed by atoms with Gasteiger partial charge in [-0.3, -0.25) is 14.4 Å². The molecule has 0 radical (unpaired) electrons. The highest BCUT2D eigenvalue weighted by molar-refractivity contribution is 6.20. The first-order valence-corrected chi connectivity index (χ1v) is 5.99. The third kappa shape index (κ3) is 2.04. The Morgan fingerprint density at radius 2 is 1.47 bits per heavy atom. The molecule has 0 saturated heterocycles. The molecular formula is C14H12N2O3. The molecule has 0 bridgehead atoms. The first-order valence-electron chi connectivity index (χ1n) is 5.99. The van der Waals surface area contributed by atoms with Gasteiger partial charge in [-0.05, 0) is 24.3 Å². The van der Waals surface area contributed by atoms with Crippen molar-refractivity contribution in [3.8, 4) is 0 Å². The third-order valence-corrected chi connectivity index (χ3v) is 2.99. The largest absolute Gasteiger partial charge is 0.352 e. The lowest BCUT2D eigenvalue weighted by Gasteiger charge is -2.13. The van der Waals surface area contributed by atoms with Crippen molar-refractivity contribution in [3.05, 3.63) is 59.9 Å². The summed E-state index contributed by atoms with van der Waals surface area (Å²) >= 11 is 0. The lowest BCUT2D eigenvalue weighted by atomic mass is 10.1. The van der Waals surface area contributed by atoms with Gasteiger partial charge < -0.3 is 4.57 Å². The van der Waals surface area contributed by atoms with E-state index in [4.69, 9.17) is 4.84 Å². The molecule has 5 heteroatoms. The van der Waals surface area contributed by atoms with Gasteiger partial charge in [0.05, 0.1) is 17.7 Å². The maximum absolute atomic E-state index is 12.0. The van der Waals surface area contributed by atoms with Crippen molar-refractivity contribution in [2.75, 3.05) is 6.61 Å². The van der Waals surface area contributed by atoms with Gasteiger partial charge in [-0.2, -0.15) is 0 Å². The molecule has 0 aliphatic carbocycles. The van der Waals surface area contributed by atoms with E-state index in [0.29, 0.717) is 17.7 Å². The predicted octanol–water partition coefficient (Wildman–Crippen LogP) is 1.72. The molecule has 5 nitrogen and oxygen atoms in total. The van der Waals surface area contributed by atoms with Gasteiger partial charge in [0.1, 0.15) is 0 Å². The van der Waals surface area contributed by atoms with Crippen molar-refractivity contribution in [2.45, 2.75) is 6.54 Å². The van der Waals surface area contributed by atoms with E-state index in [2.05, 4.69) is 0 Å². The van der Waals surface area contributed by atoms with Crippen LogP contribution in [0, 0.1) is 0 Å². The molecule has 0 spiro atoms. The molecule has 2 amide bonds. The minimum absolute atomic E-state index is 0.264. The number of carbonyl (C=O) groups is 2. The van der Waals surface area contributed by atoms with Crippen LogP contribution in [-0.4, -0.2) is 28.1 Å². The van der Waals surface area contributed by atoms with E-state index in [1.165, 1.54) is 0 Å². The monoisotopic (exact) mass is 256 g/mol. The van der Waals surface area contributed by atoms with Crippen LogP contribution in [0.25, 0.3) is 0 Å². The first-order chi connectivity index (χ1) is 9.27. The normalized spacial score (nSPS) is 14.0. The molecule has 1 aromatic heterocycles. The van der Waals surface area contributed by atoms with Crippen molar-refractivity contribution < 1.29 is 14.4 Å². The summed E-state index contributed by atoms with van der Waals surface area (Å²) in [5, 5.41) is 0.841. The van der Waals surface area contributed by atoms with E-state index in [0.717, 1.165) is 5.06 Å². The highest BCUT2D eigenvalue weighted by atomic mass is 16.7. The molecular weight excluding hydrogens is 244 g/mol. The molecule has 3 rings (SSSR count). The van der Waals surface area contributed by atoms with Gasteiger partial charge in [0.15, 0.2) is 0 Å². The number of hydrogen-bond donors (Lipinski definition) is 0. The van der Waals surface area contributed by atoms with Crippen molar-refractivity contribution in [3.63, 3.8) is 0 Å². The summed E-state index contributed by atoms with van der Waals surface area (Å²) in [6.45, 7) is 0.848. The minimum Gasteiger partial charge on any atom is -0.352 e. The topological polar surface area (TPSA) is 51.5 Å². The number of hydrogen-bond acceptors (Lipinski definition) is 3. The average molecular weight is 256 g/mol. The van der Waals surface area contributed by atoms with Crippen LogP contribution in [0.4, 0.5) is 0 Å². The summed E-state index contributed by atoms with van der Waals surface area (Å²) in [6.07, 6.45) is 3.79. The van der Waals surface area contributed by atoms with Gasteiger partial charge in [-0.15, -0.1) is 5.06 Å². The Kier molecular flexibility index (Phi) is 2.89. The predicted molar refractivity (Wildman–Crippen MR) is 67.3 cm³/mol. The number of rotatable bonds is 4. The average Bonchev–Trinajstić information content (AvgIpc) is 3.02. The summed E-state index contributed by atoms with van der Waals surface area (Å²) in [5.41, 5.74) is 0.793. The number of benzene rings is 1. The number of hydroxylamine groups is 2. The van der Waals surface area contributed by atoms with Crippen LogP contribution in [0.3, 0.4) is 0 Å². The summed E-state index contributed by atoms with van der Waals surface area (Å²) in [7, 11) is 0. The SMILES string of the molecule is O=C1c2ccccc2C(=O)N1OCCn1cccc1. The number of carbonyl (C=O) groups excluding carboxylic acids is 2. The number of aromatic nitrogens is 1. The van der Waals surface area contributed by atoms with Gasteiger partial charge >= 0.3 is 0 Å². The molecule has 1 aromatic carbocycles. The molecule has 0 fully saturated rings. The standard InChI is InChI=1S/C14H12N2O3/c17-13-11-5-1-2-6-12(11)14(18)16(13)19-10-9-15-7-3-4-8-15/h1-8H,9-10H2. The molecule has 0 atom stereocenters. The number of amides is 2. The Bertz CT molecular complexity index is 584. The molecule has 96 valence electrons. The van der Waals surface area contributed by atoms with Gasteiger partial charge in [0.25, 0.3) is 11.8 Å². The number of imide groups is 1. The van der Waals surface area contributed by atoms with Gasteiger partial charge in [-0.25, -0.2) is 0 Å². The van der Waals surface area contributed by atoms with Crippen molar-refractivity contribution in [1.82, 2.24) is 9.63 Å². The lowest BCUT2D eigenvalue weighted by molar-refractivity contribution is -0.0935. The fraction of sp³-hybridized carbons (Fsp3) is 0.143. The van der Waals surface area contributed by atoms with Gasteiger partial charge in [0, 0.05) is 18.9 Å². The van der Waals surface area contributed by atoms with Crippen molar-refractivity contribution >= 4 is 11.8 Å². The lowest BCUT2D eigenvalue weighted by Crippen LogP contribution is -2.31. The van der Waals surface area contributed by atoms with Crippen LogP contribution < -0.4 is 0 Å². The van der Waals surface area contributed by atoms with Crippen LogP contribution in [0.5, 0.6) is 0 Å². The third-order valence-electron chi connectivity index (χ3n) is 2.99. The Morgan fingerprint density at radius 3 is 2.05 bits per heavy atom. The van der Waals surface area contributed by atoms with Crippen LogP contribution in [0.2, 0.25) is 0 Å². The zero-order valence-electron chi connectivity index (χ0n) is 10.2. The van der Waals surface area contributed by atoms with Crippen molar-refractivity contribution in [1.29, 1.82) is 0 Å².